The van der Waals surface area contributed by atoms with Gasteiger partial charge in [-0.3, -0.25) is 9.69 Å². The lowest BCUT2D eigenvalue weighted by molar-refractivity contribution is -0.122. The molecule has 2 unspecified atom stereocenters. The molecule has 2 heterocycles. The number of carbonyl (C=O) groups is 1. The van der Waals surface area contributed by atoms with E-state index in [9.17, 15) is 17.6 Å². The number of hydrogen-bond acceptors (Lipinski definition) is 6. The van der Waals surface area contributed by atoms with Crippen LogP contribution in [0.1, 0.15) is 18.5 Å². The fourth-order valence-electron chi connectivity index (χ4n) is 3.14. The lowest BCUT2D eigenvalue weighted by Gasteiger charge is -2.35. The van der Waals surface area contributed by atoms with E-state index >= 15 is 0 Å². The van der Waals surface area contributed by atoms with Crippen LogP contribution in [0, 0.1) is 5.82 Å². The fourth-order valence-corrected chi connectivity index (χ4v) is 5.36. The number of benzene rings is 1. The highest BCUT2D eigenvalue weighted by Crippen LogP contribution is 2.22. The Labute approximate surface area is 173 Å². The summed E-state index contributed by atoms with van der Waals surface area (Å²) < 4.78 is 45.9. The van der Waals surface area contributed by atoms with Gasteiger partial charge in [-0.15, -0.1) is 11.3 Å². The second-order valence-corrected chi connectivity index (χ2v) is 9.62. The highest BCUT2D eigenvalue weighted by atomic mass is 32.2. The second kappa shape index (κ2) is 9.77. The Bertz CT molecular complexity index is 898. The molecule has 7 nitrogen and oxygen atoms in total. The van der Waals surface area contributed by atoms with Gasteiger partial charge in [-0.1, -0.05) is 18.2 Å². The van der Waals surface area contributed by atoms with E-state index in [0.717, 1.165) is 16.9 Å². The van der Waals surface area contributed by atoms with Crippen LogP contribution in [0.5, 0.6) is 0 Å². The number of nitrogens with zero attached hydrogens (tertiary/aromatic N) is 1. The van der Waals surface area contributed by atoms with Crippen molar-refractivity contribution in [3.8, 4) is 0 Å². The van der Waals surface area contributed by atoms with E-state index in [0.29, 0.717) is 26.3 Å². The van der Waals surface area contributed by atoms with Crippen LogP contribution in [0.4, 0.5) is 4.39 Å². The molecule has 2 N–H and O–H groups in total. The first kappa shape index (κ1) is 21.8. The molecule has 1 aliphatic heterocycles. The molecule has 0 aliphatic carbocycles. The van der Waals surface area contributed by atoms with Crippen LogP contribution in [0.25, 0.3) is 0 Å². The van der Waals surface area contributed by atoms with Crippen LogP contribution in [0.15, 0.2) is 46.0 Å². The topological polar surface area (TPSA) is 87.7 Å². The van der Waals surface area contributed by atoms with Gasteiger partial charge in [0.25, 0.3) is 10.0 Å². The molecule has 3 rings (SSSR count). The predicted molar refractivity (Wildman–Crippen MR) is 109 cm³/mol. The summed E-state index contributed by atoms with van der Waals surface area (Å²) in [6.07, 6.45) is 0. The minimum absolute atomic E-state index is 0.162. The van der Waals surface area contributed by atoms with Gasteiger partial charge in [0, 0.05) is 19.6 Å². The summed E-state index contributed by atoms with van der Waals surface area (Å²) in [5, 5.41) is 4.48. The average molecular weight is 442 g/mol. The third-order valence-electron chi connectivity index (χ3n) is 4.70. The Balaban J connectivity index is 1.64. The van der Waals surface area contributed by atoms with Gasteiger partial charge in [0.05, 0.1) is 25.3 Å². The number of carbonyl (C=O) groups excluding carboxylic acids is 1. The SMILES string of the molecule is CC(NS(=O)(=O)c1cccs1)C(=O)NCC(c1ccc(F)cc1)N1CCOCC1. The van der Waals surface area contributed by atoms with E-state index in [4.69, 9.17) is 4.74 Å². The number of ether oxygens (including phenoxy) is 1. The molecule has 1 aromatic heterocycles. The number of thiophene rings is 1. The number of rotatable bonds is 8. The molecule has 0 saturated carbocycles. The van der Waals surface area contributed by atoms with E-state index < -0.39 is 22.0 Å². The Morgan fingerprint density at radius 3 is 2.55 bits per heavy atom. The summed E-state index contributed by atoms with van der Waals surface area (Å²) in [4.78, 5) is 14.7. The third kappa shape index (κ3) is 5.83. The first-order valence-electron chi connectivity index (χ1n) is 9.27. The normalized spacial score (nSPS) is 17.6. The number of hydrogen-bond donors (Lipinski definition) is 2. The second-order valence-electron chi connectivity index (χ2n) is 6.74. The molecular formula is C19H24FN3O4S2. The van der Waals surface area contributed by atoms with Gasteiger partial charge in [-0.05, 0) is 36.1 Å². The Hall–Kier alpha value is -1.85. The van der Waals surface area contributed by atoms with Crippen molar-refractivity contribution in [2.24, 2.45) is 0 Å². The van der Waals surface area contributed by atoms with E-state index in [1.54, 1.807) is 23.6 Å². The molecule has 10 heteroatoms. The molecule has 0 bridgehead atoms. The first-order valence-corrected chi connectivity index (χ1v) is 11.6. The van der Waals surface area contributed by atoms with Crippen molar-refractivity contribution in [2.75, 3.05) is 32.8 Å². The van der Waals surface area contributed by atoms with Gasteiger partial charge in [-0.25, -0.2) is 12.8 Å². The third-order valence-corrected chi connectivity index (χ3v) is 7.63. The van der Waals surface area contributed by atoms with Crippen molar-refractivity contribution >= 4 is 27.3 Å². The van der Waals surface area contributed by atoms with E-state index in [1.807, 2.05) is 0 Å². The van der Waals surface area contributed by atoms with Crippen LogP contribution in [-0.2, 0) is 19.6 Å². The van der Waals surface area contributed by atoms with Crippen molar-refractivity contribution < 1.29 is 22.3 Å². The molecule has 29 heavy (non-hydrogen) atoms. The molecule has 1 amide bonds. The summed E-state index contributed by atoms with van der Waals surface area (Å²) >= 11 is 1.09. The molecule has 1 aromatic carbocycles. The summed E-state index contributed by atoms with van der Waals surface area (Å²) in [7, 11) is -3.74. The van der Waals surface area contributed by atoms with Gasteiger partial charge >= 0.3 is 0 Å². The average Bonchev–Trinajstić information content (AvgIpc) is 3.26. The largest absolute Gasteiger partial charge is 0.379 e. The van der Waals surface area contributed by atoms with Crippen molar-refractivity contribution in [3.05, 3.63) is 53.2 Å². The molecular weight excluding hydrogens is 417 g/mol. The van der Waals surface area contributed by atoms with E-state index in [-0.39, 0.29) is 22.6 Å². The van der Waals surface area contributed by atoms with Crippen LogP contribution in [0.2, 0.25) is 0 Å². The summed E-state index contributed by atoms with van der Waals surface area (Å²) in [5.74, 6) is -0.749. The standard InChI is InChI=1S/C19H24FN3O4S2/c1-14(22-29(25,26)18-3-2-12-28-18)19(24)21-13-17(23-8-10-27-11-9-23)15-4-6-16(20)7-5-15/h2-7,12,14,17,22H,8-11,13H2,1H3,(H,21,24). The summed E-state index contributed by atoms with van der Waals surface area (Å²) in [5.41, 5.74) is 0.875. The molecule has 0 radical (unpaired) electrons. The molecule has 1 saturated heterocycles. The van der Waals surface area contributed by atoms with Gasteiger partial charge in [0.15, 0.2) is 0 Å². The molecule has 2 aromatic rings. The van der Waals surface area contributed by atoms with E-state index in [1.165, 1.54) is 25.1 Å². The molecule has 158 valence electrons. The Morgan fingerprint density at radius 1 is 1.24 bits per heavy atom. The van der Waals surface area contributed by atoms with Gasteiger partial charge in [0.1, 0.15) is 10.0 Å². The first-order chi connectivity index (χ1) is 13.9. The number of nitrogens with one attached hydrogen (secondary N) is 2. The number of halogens is 1. The quantitative estimate of drug-likeness (QED) is 0.652. The van der Waals surface area contributed by atoms with Crippen molar-refractivity contribution in [2.45, 2.75) is 23.2 Å². The van der Waals surface area contributed by atoms with Crippen molar-refractivity contribution in [1.82, 2.24) is 14.9 Å². The smallest absolute Gasteiger partial charge is 0.250 e. The zero-order valence-corrected chi connectivity index (χ0v) is 17.6. The van der Waals surface area contributed by atoms with Gasteiger partial charge in [0.2, 0.25) is 5.91 Å². The zero-order chi connectivity index (χ0) is 20.9. The van der Waals surface area contributed by atoms with Crippen LogP contribution < -0.4 is 10.0 Å². The summed E-state index contributed by atoms with van der Waals surface area (Å²) in [6.45, 7) is 4.33. The predicted octanol–water partition coefficient (Wildman–Crippen LogP) is 1.74. The van der Waals surface area contributed by atoms with Crippen LogP contribution >= 0.6 is 11.3 Å². The van der Waals surface area contributed by atoms with Crippen LogP contribution in [0.3, 0.4) is 0 Å². The number of amides is 1. The number of sulfonamides is 1. The fraction of sp³-hybridized carbons (Fsp3) is 0.421. The molecule has 1 fully saturated rings. The summed E-state index contributed by atoms with van der Waals surface area (Å²) in [6, 6.07) is 8.21. The monoisotopic (exact) mass is 441 g/mol. The lowest BCUT2D eigenvalue weighted by atomic mass is 10.0. The maximum Gasteiger partial charge on any atom is 0.250 e. The maximum absolute atomic E-state index is 13.3. The lowest BCUT2D eigenvalue weighted by Crippen LogP contribution is -2.48. The zero-order valence-electron chi connectivity index (χ0n) is 16.0. The molecule has 2 atom stereocenters. The minimum atomic E-state index is -3.74. The van der Waals surface area contributed by atoms with Gasteiger partial charge in [-0.2, -0.15) is 4.72 Å². The maximum atomic E-state index is 13.3. The van der Waals surface area contributed by atoms with Crippen LogP contribution in [-0.4, -0.2) is 58.1 Å². The highest BCUT2D eigenvalue weighted by molar-refractivity contribution is 7.91. The minimum Gasteiger partial charge on any atom is -0.379 e. The highest BCUT2D eigenvalue weighted by Gasteiger charge is 2.26. The number of morpholine rings is 1. The van der Waals surface area contributed by atoms with Crippen molar-refractivity contribution in [3.63, 3.8) is 0 Å². The van der Waals surface area contributed by atoms with Crippen molar-refractivity contribution in [1.29, 1.82) is 0 Å². The van der Waals surface area contributed by atoms with E-state index in [2.05, 4.69) is 14.9 Å². The Kier molecular flexibility index (Phi) is 7.36. The molecule has 0 spiro atoms. The van der Waals surface area contributed by atoms with Gasteiger partial charge < -0.3 is 10.1 Å². The Morgan fingerprint density at radius 2 is 1.93 bits per heavy atom. The molecule has 1 aliphatic rings.